The summed E-state index contributed by atoms with van der Waals surface area (Å²) in [6.07, 6.45) is 1.47. The predicted octanol–water partition coefficient (Wildman–Crippen LogP) is 1.66. The molecule has 1 N–H and O–H groups in total. The van der Waals surface area contributed by atoms with Crippen LogP contribution in [0.3, 0.4) is 0 Å². The van der Waals surface area contributed by atoms with Gasteiger partial charge in [-0.2, -0.15) is 0 Å². The minimum atomic E-state index is -0.473. The van der Waals surface area contributed by atoms with Crippen LogP contribution in [0, 0.1) is 6.92 Å². The van der Waals surface area contributed by atoms with Gasteiger partial charge in [0.1, 0.15) is 11.5 Å². The molecule has 0 aliphatic heterocycles. The molecule has 1 rings (SSSR count). The molecule has 0 radical (unpaired) electrons. The lowest BCUT2D eigenvalue weighted by Gasteiger charge is -2.11. The lowest BCUT2D eigenvalue weighted by atomic mass is 10.1. The lowest BCUT2D eigenvalue weighted by Crippen LogP contribution is -2.13. The Bertz CT molecular complexity index is 394. The third kappa shape index (κ3) is 3.10. The zero-order valence-corrected chi connectivity index (χ0v) is 9.95. The Kier molecular flexibility index (Phi) is 4.55. The summed E-state index contributed by atoms with van der Waals surface area (Å²) in [7, 11) is 1.51. The minimum absolute atomic E-state index is 0.353. The molecule has 16 heavy (non-hydrogen) atoms. The lowest BCUT2D eigenvalue weighted by molar-refractivity contribution is 0.154. The van der Waals surface area contributed by atoms with Crippen LogP contribution in [0.4, 0.5) is 0 Å². The van der Waals surface area contributed by atoms with Gasteiger partial charge in [-0.15, -0.1) is 0 Å². The van der Waals surface area contributed by atoms with E-state index in [2.05, 4.69) is 0 Å². The van der Waals surface area contributed by atoms with Gasteiger partial charge in [0.15, 0.2) is 0 Å². The Labute approximate surface area is 94.9 Å². The normalized spacial score (nSPS) is 12.5. The van der Waals surface area contributed by atoms with E-state index in [-0.39, 0.29) is 0 Å². The maximum atomic E-state index is 11.2. The molecular weight excluding hydrogens is 208 g/mol. The second-order valence-corrected chi connectivity index (χ2v) is 3.83. The van der Waals surface area contributed by atoms with Crippen LogP contribution in [0.15, 0.2) is 15.3 Å². The minimum Gasteiger partial charge on any atom is -0.496 e. The molecule has 0 saturated carbocycles. The fraction of sp³-hybridized carbons (Fsp3) is 0.583. The van der Waals surface area contributed by atoms with Crippen molar-refractivity contribution in [1.82, 2.24) is 0 Å². The molecule has 0 spiro atoms. The number of aliphatic hydroxyl groups excluding tert-OH is 1. The first kappa shape index (κ1) is 12.8. The second-order valence-electron chi connectivity index (χ2n) is 3.83. The summed E-state index contributed by atoms with van der Waals surface area (Å²) >= 11 is 0. The highest BCUT2D eigenvalue weighted by atomic mass is 16.5. The number of rotatable bonds is 5. The van der Waals surface area contributed by atoms with Gasteiger partial charge >= 0.3 is 5.63 Å². The Morgan fingerprint density at radius 3 is 2.81 bits per heavy atom. The topological polar surface area (TPSA) is 59.7 Å². The van der Waals surface area contributed by atoms with Crippen LogP contribution in [0.2, 0.25) is 0 Å². The fourth-order valence-electron chi connectivity index (χ4n) is 1.64. The quantitative estimate of drug-likeness (QED) is 0.829. The molecule has 0 unspecified atom stereocenters. The summed E-state index contributed by atoms with van der Waals surface area (Å²) in [5.41, 5.74) is 0.332. The van der Waals surface area contributed by atoms with Crippen molar-refractivity contribution < 1.29 is 14.3 Å². The van der Waals surface area contributed by atoms with Crippen LogP contribution in [0.25, 0.3) is 0 Å². The monoisotopic (exact) mass is 226 g/mol. The summed E-state index contributed by atoms with van der Waals surface area (Å²) in [5, 5.41) is 9.68. The maximum absolute atomic E-state index is 11.2. The molecule has 1 heterocycles. The molecule has 1 aromatic heterocycles. The van der Waals surface area contributed by atoms with Crippen molar-refractivity contribution in [3.63, 3.8) is 0 Å². The van der Waals surface area contributed by atoms with Gasteiger partial charge in [-0.25, -0.2) is 4.79 Å². The van der Waals surface area contributed by atoms with Crippen molar-refractivity contribution in [2.75, 3.05) is 7.11 Å². The Hall–Kier alpha value is -1.29. The molecule has 4 heteroatoms. The fourth-order valence-corrected chi connectivity index (χ4v) is 1.64. The van der Waals surface area contributed by atoms with Crippen LogP contribution in [0.1, 0.15) is 31.1 Å². The molecule has 0 saturated heterocycles. The predicted molar refractivity (Wildman–Crippen MR) is 60.9 cm³/mol. The standard InChI is InChI=1S/C12H18O4/c1-4-5-9(13)6-11-8(2)10(15-3)7-12(14)16-11/h7,9,13H,4-6H2,1-3H3/t9-/m1/s1. The highest BCUT2D eigenvalue weighted by Gasteiger charge is 2.13. The molecule has 1 aromatic rings. The van der Waals surface area contributed by atoms with Crippen molar-refractivity contribution in [2.45, 2.75) is 39.2 Å². The summed E-state index contributed by atoms with van der Waals surface area (Å²) < 4.78 is 10.1. The van der Waals surface area contributed by atoms with Crippen LogP contribution in [-0.2, 0) is 6.42 Å². The molecule has 0 amide bonds. The van der Waals surface area contributed by atoms with Crippen LogP contribution >= 0.6 is 0 Å². The SMILES string of the molecule is CCC[C@@H](O)Cc1oc(=O)cc(OC)c1C. The van der Waals surface area contributed by atoms with Crippen molar-refractivity contribution in [3.8, 4) is 5.75 Å². The summed E-state index contributed by atoms with van der Waals surface area (Å²) in [5.74, 6) is 1.01. The molecular formula is C12H18O4. The van der Waals surface area contributed by atoms with Crippen LogP contribution in [0.5, 0.6) is 5.75 Å². The number of hydrogen-bond acceptors (Lipinski definition) is 4. The van der Waals surface area contributed by atoms with E-state index in [4.69, 9.17) is 9.15 Å². The van der Waals surface area contributed by atoms with Gasteiger partial charge in [0.05, 0.1) is 19.3 Å². The molecule has 1 atom stereocenters. The zero-order chi connectivity index (χ0) is 12.1. The molecule has 0 aromatic carbocycles. The highest BCUT2D eigenvalue weighted by molar-refractivity contribution is 5.32. The number of hydrogen-bond donors (Lipinski definition) is 1. The molecule has 0 aliphatic carbocycles. The van der Waals surface area contributed by atoms with Crippen molar-refractivity contribution in [2.24, 2.45) is 0 Å². The first-order chi connectivity index (χ1) is 7.58. The van der Waals surface area contributed by atoms with Gasteiger partial charge in [-0.1, -0.05) is 13.3 Å². The molecule has 0 bridgehead atoms. The first-order valence-corrected chi connectivity index (χ1v) is 5.44. The van der Waals surface area contributed by atoms with E-state index in [0.717, 1.165) is 12.0 Å². The Morgan fingerprint density at radius 2 is 2.25 bits per heavy atom. The van der Waals surface area contributed by atoms with Crippen LogP contribution in [-0.4, -0.2) is 18.3 Å². The van der Waals surface area contributed by atoms with Gasteiger partial charge in [0.2, 0.25) is 0 Å². The van der Waals surface area contributed by atoms with E-state index in [1.807, 2.05) is 13.8 Å². The summed E-state index contributed by atoms with van der Waals surface area (Å²) in [6.45, 7) is 3.81. The van der Waals surface area contributed by atoms with E-state index in [0.29, 0.717) is 24.4 Å². The number of ether oxygens (including phenoxy) is 1. The van der Waals surface area contributed by atoms with Crippen molar-refractivity contribution in [3.05, 3.63) is 27.8 Å². The smallest absolute Gasteiger partial charge is 0.339 e. The molecule has 4 nitrogen and oxygen atoms in total. The molecule has 90 valence electrons. The number of aliphatic hydroxyl groups is 1. The van der Waals surface area contributed by atoms with E-state index >= 15 is 0 Å². The maximum Gasteiger partial charge on any atom is 0.339 e. The Balaban J connectivity index is 2.95. The molecule has 0 aliphatic rings. The Morgan fingerprint density at radius 1 is 1.56 bits per heavy atom. The largest absolute Gasteiger partial charge is 0.496 e. The van der Waals surface area contributed by atoms with Crippen molar-refractivity contribution in [1.29, 1.82) is 0 Å². The van der Waals surface area contributed by atoms with E-state index in [9.17, 15) is 9.90 Å². The highest BCUT2D eigenvalue weighted by Crippen LogP contribution is 2.20. The van der Waals surface area contributed by atoms with Gasteiger partial charge < -0.3 is 14.3 Å². The van der Waals surface area contributed by atoms with Gasteiger partial charge in [0, 0.05) is 12.0 Å². The average Bonchev–Trinajstić information content (AvgIpc) is 2.23. The summed E-state index contributed by atoms with van der Waals surface area (Å²) in [6, 6.07) is 1.31. The summed E-state index contributed by atoms with van der Waals surface area (Å²) in [4.78, 5) is 11.2. The molecule has 0 fully saturated rings. The third-order valence-corrected chi connectivity index (χ3v) is 2.52. The number of methoxy groups -OCH3 is 1. The third-order valence-electron chi connectivity index (χ3n) is 2.52. The van der Waals surface area contributed by atoms with E-state index in [1.54, 1.807) is 0 Å². The first-order valence-electron chi connectivity index (χ1n) is 5.44. The van der Waals surface area contributed by atoms with E-state index in [1.165, 1.54) is 13.2 Å². The van der Waals surface area contributed by atoms with Gasteiger partial charge in [0.25, 0.3) is 0 Å². The second kappa shape index (κ2) is 5.70. The zero-order valence-electron chi connectivity index (χ0n) is 9.95. The van der Waals surface area contributed by atoms with E-state index < -0.39 is 11.7 Å². The van der Waals surface area contributed by atoms with Crippen LogP contribution < -0.4 is 10.4 Å². The van der Waals surface area contributed by atoms with Gasteiger partial charge in [-0.05, 0) is 13.3 Å². The van der Waals surface area contributed by atoms with Gasteiger partial charge in [-0.3, -0.25) is 0 Å². The average molecular weight is 226 g/mol. The van der Waals surface area contributed by atoms with Crippen molar-refractivity contribution >= 4 is 0 Å².